The highest BCUT2D eigenvalue weighted by molar-refractivity contribution is 6.33. The molecule has 0 N–H and O–H groups in total. The molecule has 3 aromatic rings. The zero-order chi connectivity index (χ0) is 17.7. The minimum Gasteiger partial charge on any atom is -0.294 e. The topological polar surface area (TPSA) is 60.7 Å². The van der Waals surface area contributed by atoms with Gasteiger partial charge in [0.2, 0.25) is 0 Å². The van der Waals surface area contributed by atoms with E-state index in [1.165, 1.54) is 13.1 Å². The van der Waals surface area contributed by atoms with Crippen molar-refractivity contribution < 1.29 is 9.18 Å². The molecule has 0 unspecified atom stereocenters. The Morgan fingerprint density at radius 1 is 1.24 bits per heavy atom. The fraction of sp³-hybridized carbons (Fsp3) is 0.222. The van der Waals surface area contributed by atoms with Crippen LogP contribution in [0.5, 0.6) is 0 Å². The first-order chi connectivity index (χ1) is 12.0. The van der Waals surface area contributed by atoms with E-state index in [-0.39, 0.29) is 11.3 Å². The number of carbonyl (C=O) groups excluding carboxylic acids is 1. The lowest BCUT2D eigenvalue weighted by Gasteiger charge is -2.21. The molecule has 0 radical (unpaired) electrons. The highest BCUT2D eigenvalue weighted by Gasteiger charge is 2.24. The van der Waals surface area contributed by atoms with Crippen molar-refractivity contribution in [3.05, 3.63) is 58.1 Å². The molecular weight excluding hydrogens is 343 g/mol. The lowest BCUT2D eigenvalue weighted by atomic mass is 9.94. The normalized spacial score (nSPS) is 12.6. The molecule has 0 saturated carbocycles. The van der Waals surface area contributed by atoms with E-state index in [1.807, 2.05) is 17.6 Å². The van der Waals surface area contributed by atoms with Crippen LogP contribution in [0.4, 0.5) is 4.39 Å². The number of benzene rings is 1. The second kappa shape index (κ2) is 5.74. The van der Waals surface area contributed by atoms with Crippen LogP contribution in [0.25, 0.3) is 16.8 Å². The van der Waals surface area contributed by atoms with E-state index < -0.39 is 5.82 Å². The van der Waals surface area contributed by atoms with Crippen LogP contribution in [0.1, 0.15) is 34.5 Å². The standard InChI is InChI=1S/C18H14ClFN4O/c1-9(25)17-13(7-21-8-15(17)20)12-5-11-3-4-16-23-22-10(2)24(16)18(11)14(19)6-12/h5-8H,3-4H2,1-2H3. The molecule has 3 heterocycles. The van der Waals surface area contributed by atoms with E-state index in [0.717, 1.165) is 41.9 Å². The van der Waals surface area contributed by atoms with Gasteiger partial charge in [0.25, 0.3) is 0 Å². The molecule has 0 aliphatic carbocycles. The van der Waals surface area contributed by atoms with Gasteiger partial charge in [-0.3, -0.25) is 14.3 Å². The van der Waals surface area contributed by atoms with Crippen LogP contribution in [-0.4, -0.2) is 25.5 Å². The average Bonchev–Trinajstić information content (AvgIpc) is 2.95. The van der Waals surface area contributed by atoms with Gasteiger partial charge in [0, 0.05) is 18.2 Å². The third-order valence-electron chi connectivity index (χ3n) is 4.44. The summed E-state index contributed by atoms with van der Waals surface area (Å²) in [7, 11) is 0. The van der Waals surface area contributed by atoms with Gasteiger partial charge < -0.3 is 0 Å². The van der Waals surface area contributed by atoms with Gasteiger partial charge in [-0.2, -0.15) is 0 Å². The maximum atomic E-state index is 14.1. The number of aromatic nitrogens is 4. The molecule has 0 saturated heterocycles. The monoisotopic (exact) mass is 356 g/mol. The molecule has 1 aliphatic heterocycles. The van der Waals surface area contributed by atoms with Crippen LogP contribution in [-0.2, 0) is 12.8 Å². The quantitative estimate of drug-likeness (QED) is 0.656. The van der Waals surface area contributed by atoms with E-state index in [0.29, 0.717) is 16.1 Å². The van der Waals surface area contributed by atoms with Crippen LogP contribution < -0.4 is 0 Å². The number of fused-ring (bicyclic) bond motifs is 3. The number of Topliss-reactive ketones (excluding diaryl/α,β-unsaturated/α-hetero) is 1. The number of halogens is 2. The van der Waals surface area contributed by atoms with Crippen LogP contribution in [0.3, 0.4) is 0 Å². The zero-order valence-corrected chi connectivity index (χ0v) is 14.4. The number of ketones is 1. The first-order valence-corrected chi connectivity index (χ1v) is 8.23. The fourth-order valence-electron chi connectivity index (χ4n) is 3.37. The maximum Gasteiger partial charge on any atom is 0.163 e. The van der Waals surface area contributed by atoms with Crippen molar-refractivity contribution >= 4 is 17.4 Å². The van der Waals surface area contributed by atoms with Crippen molar-refractivity contribution in [2.75, 3.05) is 0 Å². The second-order valence-corrected chi connectivity index (χ2v) is 6.47. The van der Waals surface area contributed by atoms with Crippen LogP contribution >= 0.6 is 11.6 Å². The number of rotatable bonds is 2. The number of nitrogens with zero attached hydrogens (tertiary/aromatic N) is 4. The maximum absolute atomic E-state index is 14.1. The Kier molecular flexibility index (Phi) is 3.65. The lowest BCUT2D eigenvalue weighted by Crippen LogP contribution is -2.14. The highest BCUT2D eigenvalue weighted by Crippen LogP contribution is 2.36. The van der Waals surface area contributed by atoms with Crippen molar-refractivity contribution in [2.45, 2.75) is 26.7 Å². The van der Waals surface area contributed by atoms with Crippen molar-refractivity contribution in [3.8, 4) is 16.8 Å². The first-order valence-electron chi connectivity index (χ1n) is 7.86. The Balaban J connectivity index is 1.95. The van der Waals surface area contributed by atoms with Crippen molar-refractivity contribution in [1.29, 1.82) is 0 Å². The molecule has 0 bridgehead atoms. The van der Waals surface area contributed by atoms with Gasteiger partial charge in [-0.05, 0) is 43.5 Å². The summed E-state index contributed by atoms with van der Waals surface area (Å²) < 4.78 is 16.0. The van der Waals surface area contributed by atoms with Crippen molar-refractivity contribution in [2.24, 2.45) is 0 Å². The summed E-state index contributed by atoms with van der Waals surface area (Å²) in [6, 6.07) is 3.67. The minimum atomic E-state index is -0.629. The van der Waals surface area contributed by atoms with E-state index in [1.54, 1.807) is 6.07 Å². The van der Waals surface area contributed by atoms with Crippen LogP contribution in [0.15, 0.2) is 24.5 Å². The average molecular weight is 357 g/mol. The van der Waals surface area contributed by atoms with Crippen LogP contribution in [0.2, 0.25) is 5.02 Å². The molecular formula is C18H14ClFN4O. The van der Waals surface area contributed by atoms with Gasteiger partial charge in [0.05, 0.1) is 22.5 Å². The number of hydrogen-bond acceptors (Lipinski definition) is 4. The summed E-state index contributed by atoms with van der Waals surface area (Å²) in [6.07, 6.45) is 4.04. The third kappa shape index (κ3) is 2.44. The molecule has 5 nitrogen and oxygen atoms in total. The van der Waals surface area contributed by atoms with Gasteiger partial charge in [0.15, 0.2) is 11.6 Å². The van der Waals surface area contributed by atoms with Gasteiger partial charge >= 0.3 is 0 Å². The Morgan fingerprint density at radius 2 is 2.04 bits per heavy atom. The Morgan fingerprint density at radius 3 is 2.80 bits per heavy atom. The molecule has 4 rings (SSSR count). The number of hydrogen-bond donors (Lipinski definition) is 0. The molecule has 126 valence electrons. The predicted octanol–water partition coefficient (Wildman–Crippen LogP) is 3.73. The fourth-order valence-corrected chi connectivity index (χ4v) is 3.69. The van der Waals surface area contributed by atoms with Crippen LogP contribution in [0, 0.1) is 12.7 Å². The largest absolute Gasteiger partial charge is 0.294 e. The van der Waals surface area contributed by atoms with E-state index in [9.17, 15) is 9.18 Å². The molecule has 0 fully saturated rings. The third-order valence-corrected chi connectivity index (χ3v) is 4.73. The molecule has 1 aromatic carbocycles. The molecule has 0 atom stereocenters. The zero-order valence-electron chi connectivity index (χ0n) is 13.7. The summed E-state index contributed by atoms with van der Waals surface area (Å²) in [5.41, 5.74) is 3.01. The SMILES string of the molecule is CC(=O)c1c(F)cncc1-c1cc(Cl)c2c(c1)CCc1nnc(C)n1-2. The minimum absolute atomic E-state index is 0.0305. The molecule has 2 aromatic heterocycles. The van der Waals surface area contributed by atoms with E-state index in [4.69, 9.17) is 11.6 Å². The predicted molar refractivity (Wildman–Crippen MR) is 91.7 cm³/mol. The van der Waals surface area contributed by atoms with Gasteiger partial charge in [0.1, 0.15) is 11.6 Å². The molecule has 1 aliphatic rings. The smallest absolute Gasteiger partial charge is 0.163 e. The summed E-state index contributed by atoms with van der Waals surface area (Å²) in [5, 5.41) is 8.80. The van der Waals surface area contributed by atoms with Gasteiger partial charge in [-0.1, -0.05) is 11.6 Å². The lowest BCUT2D eigenvalue weighted by molar-refractivity contribution is 0.101. The second-order valence-electron chi connectivity index (χ2n) is 6.06. The summed E-state index contributed by atoms with van der Waals surface area (Å²) >= 11 is 6.55. The first kappa shape index (κ1) is 15.9. The van der Waals surface area contributed by atoms with Gasteiger partial charge in [-0.25, -0.2) is 4.39 Å². The number of pyridine rings is 1. The summed E-state index contributed by atoms with van der Waals surface area (Å²) in [6.45, 7) is 3.22. The van der Waals surface area contributed by atoms with E-state index >= 15 is 0 Å². The summed E-state index contributed by atoms with van der Waals surface area (Å²) in [5.74, 6) is 0.662. The molecule has 0 amide bonds. The molecule has 0 spiro atoms. The molecule has 25 heavy (non-hydrogen) atoms. The van der Waals surface area contributed by atoms with E-state index in [2.05, 4.69) is 15.2 Å². The highest BCUT2D eigenvalue weighted by atomic mass is 35.5. The summed E-state index contributed by atoms with van der Waals surface area (Å²) in [4.78, 5) is 15.8. The van der Waals surface area contributed by atoms with Gasteiger partial charge in [-0.15, -0.1) is 10.2 Å². The number of carbonyl (C=O) groups is 1. The number of aryl methyl sites for hydroxylation is 3. The Labute approximate surface area is 148 Å². The Hall–Kier alpha value is -2.60. The Bertz CT molecular complexity index is 1030. The van der Waals surface area contributed by atoms with Crippen molar-refractivity contribution in [1.82, 2.24) is 19.7 Å². The van der Waals surface area contributed by atoms with Crippen molar-refractivity contribution in [3.63, 3.8) is 0 Å². The molecule has 7 heteroatoms.